The van der Waals surface area contributed by atoms with Gasteiger partial charge in [0.25, 0.3) is 0 Å². The predicted molar refractivity (Wildman–Crippen MR) is 86.3 cm³/mol. The molecule has 1 N–H and O–H groups in total. The molecule has 0 radical (unpaired) electrons. The minimum Gasteiger partial charge on any atom is -0.487 e. The Bertz CT molecular complexity index is 684. The standard InChI is InChI=1S/C17H17BrFNO/c1-17(2)9-12-7-11(3-6-16(12)21-17)10-20-15-5-4-13(19)8-14(15)18/h3-8,20H,9-10H2,1-2H3. The molecule has 0 saturated carbocycles. The lowest BCUT2D eigenvalue weighted by Crippen LogP contribution is -2.24. The van der Waals surface area contributed by atoms with Gasteiger partial charge < -0.3 is 10.1 Å². The zero-order valence-corrected chi connectivity index (χ0v) is 13.6. The Labute approximate surface area is 132 Å². The summed E-state index contributed by atoms with van der Waals surface area (Å²) in [6.07, 6.45) is 0.927. The van der Waals surface area contributed by atoms with Gasteiger partial charge in [-0.3, -0.25) is 0 Å². The molecular formula is C17H17BrFNO. The molecule has 0 amide bonds. The fourth-order valence-corrected chi connectivity index (χ4v) is 3.09. The zero-order valence-electron chi connectivity index (χ0n) is 12.0. The number of fused-ring (bicyclic) bond motifs is 1. The number of hydrogen-bond donors (Lipinski definition) is 1. The summed E-state index contributed by atoms with van der Waals surface area (Å²) >= 11 is 3.36. The highest BCUT2D eigenvalue weighted by Gasteiger charge is 2.29. The molecule has 0 bridgehead atoms. The lowest BCUT2D eigenvalue weighted by molar-refractivity contribution is 0.138. The number of halogens is 2. The van der Waals surface area contributed by atoms with Gasteiger partial charge in [0.05, 0.1) is 0 Å². The second kappa shape index (κ2) is 5.34. The smallest absolute Gasteiger partial charge is 0.124 e. The molecule has 2 aromatic carbocycles. The van der Waals surface area contributed by atoms with Crippen LogP contribution >= 0.6 is 15.9 Å². The Morgan fingerprint density at radius 3 is 2.81 bits per heavy atom. The maximum absolute atomic E-state index is 13.1. The molecule has 21 heavy (non-hydrogen) atoms. The van der Waals surface area contributed by atoms with Gasteiger partial charge in [0, 0.05) is 23.1 Å². The van der Waals surface area contributed by atoms with Crippen LogP contribution < -0.4 is 10.1 Å². The van der Waals surface area contributed by atoms with E-state index in [0.29, 0.717) is 6.54 Å². The number of benzene rings is 2. The number of hydrogen-bond acceptors (Lipinski definition) is 2. The van der Waals surface area contributed by atoms with Crippen LogP contribution in [0.25, 0.3) is 0 Å². The second-order valence-electron chi connectivity index (χ2n) is 5.96. The van der Waals surface area contributed by atoms with E-state index in [1.807, 2.05) is 6.07 Å². The van der Waals surface area contributed by atoms with E-state index in [9.17, 15) is 4.39 Å². The molecule has 0 saturated heterocycles. The second-order valence-corrected chi connectivity index (χ2v) is 6.81. The third-order valence-electron chi connectivity index (χ3n) is 3.54. The maximum Gasteiger partial charge on any atom is 0.124 e. The molecule has 3 rings (SSSR count). The van der Waals surface area contributed by atoms with Crippen LogP contribution in [0.2, 0.25) is 0 Å². The van der Waals surface area contributed by atoms with E-state index in [1.165, 1.54) is 23.3 Å². The van der Waals surface area contributed by atoms with E-state index in [2.05, 4.69) is 47.2 Å². The molecule has 0 fully saturated rings. The summed E-state index contributed by atoms with van der Waals surface area (Å²) in [5.74, 6) is 0.732. The van der Waals surface area contributed by atoms with Crippen LogP contribution in [0.3, 0.4) is 0 Å². The Kier molecular flexibility index (Phi) is 3.66. The fourth-order valence-electron chi connectivity index (χ4n) is 2.60. The highest BCUT2D eigenvalue weighted by Crippen LogP contribution is 2.35. The molecule has 4 heteroatoms. The minimum absolute atomic E-state index is 0.117. The molecule has 0 spiro atoms. The van der Waals surface area contributed by atoms with Crippen molar-refractivity contribution in [1.82, 2.24) is 0 Å². The summed E-state index contributed by atoms with van der Waals surface area (Å²) in [7, 11) is 0. The van der Waals surface area contributed by atoms with E-state index >= 15 is 0 Å². The lowest BCUT2D eigenvalue weighted by Gasteiger charge is -2.16. The first-order valence-corrected chi connectivity index (χ1v) is 7.72. The van der Waals surface area contributed by atoms with Crippen molar-refractivity contribution < 1.29 is 9.13 Å². The van der Waals surface area contributed by atoms with Crippen molar-refractivity contribution in [2.75, 3.05) is 5.32 Å². The number of anilines is 1. The number of rotatable bonds is 3. The van der Waals surface area contributed by atoms with Gasteiger partial charge >= 0.3 is 0 Å². The first kappa shape index (κ1) is 14.4. The summed E-state index contributed by atoms with van der Waals surface area (Å²) < 4.78 is 19.7. The Morgan fingerprint density at radius 2 is 2.05 bits per heavy atom. The molecule has 0 aromatic heterocycles. The Hall–Kier alpha value is -1.55. The molecule has 0 atom stereocenters. The Balaban J connectivity index is 1.72. The average molecular weight is 350 g/mol. The van der Waals surface area contributed by atoms with E-state index in [0.717, 1.165) is 22.3 Å². The summed E-state index contributed by atoms with van der Waals surface area (Å²) in [5, 5.41) is 3.31. The van der Waals surface area contributed by atoms with E-state index in [4.69, 9.17) is 4.74 Å². The topological polar surface area (TPSA) is 21.3 Å². The van der Waals surface area contributed by atoms with Crippen molar-refractivity contribution in [3.63, 3.8) is 0 Å². The van der Waals surface area contributed by atoms with Gasteiger partial charge in [0.1, 0.15) is 17.2 Å². The van der Waals surface area contributed by atoms with Gasteiger partial charge in [-0.1, -0.05) is 12.1 Å². The number of ether oxygens (including phenoxy) is 1. The van der Waals surface area contributed by atoms with Gasteiger partial charge in [0.15, 0.2) is 0 Å². The Morgan fingerprint density at radius 1 is 1.24 bits per heavy atom. The quantitative estimate of drug-likeness (QED) is 0.849. The monoisotopic (exact) mass is 349 g/mol. The lowest BCUT2D eigenvalue weighted by atomic mass is 10.0. The average Bonchev–Trinajstić information content (AvgIpc) is 2.70. The molecule has 1 heterocycles. The van der Waals surface area contributed by atoms with Crippen LogP contribution in [0, 0.1) is 5.82 Å². The van der Waals surface area contributed by atoms with Crippen LogP contribution in [0.4, 0.5) is 10.1 Å². The van der Waals surface area contributed by atoms with Gasteiger partial charge in [-0.2, -0.15) is 0 Å². The molecule has 2 aromatic rings. The van der Waals surface area contributed by atoms with E-state index in [-0.39, 0.29) is 11.4 Å². The van der Waals surface area contributed by atoms with E-state index < -0.39 is 0 Å². The van der Waals surface area contributed by atoms with Crippen molar-refractivity contribution in [2.45, 2.75) is 32.4 Å². The van der Waals surface area contributed by atoms with Crippen molar-refractivity contribution >= 4 is 21.6 Å². The first-order valence-electron chi connectivity index (χ1n) is 6.93. The zero-order chi connectivity index (χ0) is 15.0. The third kappa shape index (κ3) is 3.21. The largest absolute Gasteiger partial charge is 0.487 e. The van der Waals surface area contributed by atoms with Crippen molar-refractivity contribution in [3.8, 4) is 5.75 Å². The van der Waals surface area contributed by atoms with Crippen LogP contribution in [0.5, 0.6) is 5.75 Å². The maximum atomic E-state index is 13.1. The SMILES string of the molecule is CC1(C)Cc2cc(CNc3ccc(F)cc3Br)ccc2O1. The molecule has 1 aliphatic heterocycles. The minimum atomic E-state index is -0.246. The van der Waals surface area contributed by atoms with Crippen LogP contribution in [0.15, 0.2) is 40.9 Å². The van der Waals surface area contributed by atoms with Gasteiger partial charge in [0.2, 0.25) is 0 Å². The van der Waals surface area contributed by atoms with Crippen LogP contribution in [0.1, 0.15) is 25.0 Å². The van der Waals surface area contributed by atoms with Gasteiger partial charge in [-0.25, -0.2) is 4.39 Å². The van der Waals surface area contributed by atoms with Crippen LogP contribution in [-0.4, -0.2) is 5.60 Å². The van der Waals surface area contributed by atoms with Crippen molar-refractivity contribution in [2.24, 2.45) is 0 Å². The molecule has 110 valence electrons. The van der Waals surface area contributed by atoms with Crippen LogP contribution in [-0.2, 0) is 13.0 Å². The highest BCUT2D eigenvalue weighted by molar-refractivity contribution is 9.10. The number of nitrogens with one attached hydrogen (secondary N) is 1. The van der Waals surface area contributed by atoms with E-state index in [1.54, 1.807) is 6.07 Å². The van der Waals surface area contributed by atoms with Gasteiger partial charge in [-0.05, 0) is 65.2 Å². The fraction of sp³-hybridized carbons (Fsp3) is 0.294. The first-order chi connectivity index (χ1) is 9.93. The summed E-state index contributed by atoms with van der Waals surface area (Å²) in [5.41, 5.74) is 3.20. The predicted octanol–water partition coefficient (Wildman–Crippen LogP) is 4.91. The molecule has 2 nitrogen and oxygen atoms in total. The molecule has 1 aliphatic rings. The third-order valence-corrected chi connectivity index (χ3v) is 4.20. The molecule has 0 aliphatic carbocycles. The normalized spacial score (nSPS) is 15.4. The highest BCUT2D eigenvalue weighted by atomic mass is 79.9. The van der Waals surface area contributed by atoms with Crippen molar-refractivity contribution in [1.29, 1.82) is 0 Å². The summed E-state index contributed by atoms with van der Waals surface area (Å²) in [4.78, 5) is 0. The molecule has 0 unspecified atom stereocenters. The van der Waals surface area contributed by atoms with Crippen molar-refractivity contribution in [3.05, 3.63) is 57.8 Å². The summed E-state index contributed by atoms with van der Waals surface area (Å²) in [6, 6.07) is 10.9. The molecular weight excluding hydrogens is 333 g/mol. The summed E-state index contributed by atoms with van der Waals surface area (Å²) in [6.45, 7) is 4.89. The van der Waals surface area contributed by atoms with Gasteiger partial charge in [-0.15, -0.1) is 0 Å².